The predicted molar refractivity (Wildman–Crippen MR) is 64.5 cm³/mol. The van der Waals surface area contributed by atoms with E-state index >= 15 is 0 Å². The van der Waals surface area contributed by atoms with Gasteiger partial charge in [-0.3, -0.25) is 5.26 Å². The van der Waals surface area contributed by atoms with E-state index in [-0.39, 0.29) is 49.0 Å². The van der Waals surface area contributed by atoms with Crippen molar-refractivity contribution >= 4 is 7.85 Å². The van der Waals surface area contributed by atoms with E-state index in [0.29, 0.717) is 6.07 Å². The standard InChI is InChI=1S/C10H9F6N.CH3BN.Na/c1-5(17)7-3-2-6(4-8(7)11)9(12,13)10(14,15)16;2-1-3;/h2-5H,17H2,1H3;2H3;/q;-1;+1. The number of nitrogens with two attached hydrogens (primary N) is 1. The minimum Gasteiger partial charge on any atom is -0.324 e. The molecule has 0 heterocycles. The van der Waals surface area contributed by atoms with Gasteiger partial charge in [0.2, 0.25) is 0 Å². The molecular formula is C11H12BF6N2Na. The summed E-state index contributed by atoms with van der Waals surface area (Å²) in [6.07, 6.45) is -5.75. The van der Waals surface area contributed by atoms with Crippen molar-refractivity contribution in [2.24, 2.45) is 5.73 Å². The van der Waals surface area contributed by atoms with Crippen molar-refractivity contribution in [3.8, 4) is 5.97 Å². The summed E-state index contributed by atoms with van der Waals surface area (Å²) < 4.78 is 75.0. The van der Waals surface area contributed by atoms with Gasteiger partial charge in [0, 0.05) is 17.2 Å². The first kappa shape index (κ1) is 22.6. The Balaban J connectivity index is 0. The molecule has 2 nitrogen and oxygen atoms in total. The van der Waals surface area contributed by atoms with Gasteiger partial charge in [-0.1, -0.05) is 12.1 Å². The maximum absolute atomic E-state index is 13.2. The van der Waals surface area contributed by atoms with Crippen molar-refractivity contribution < 1.29 is 55.9 Å². The van der Waals surface area contributed by atoms with Crippen molar-refractivity contribution in [1.82, 2.24) is 0 Å². The van der Waals surface area contributed by atoms with Crippen LogP contribution >= 0.6 is 0 Å². The van der Waals surface area contributed by atoms with Gasteiger partial charge in [-0.15, -0.1) is 0 Å². The summed E-state index contributed by atoms with van der Waals surface area (Å²) in [7, 11) is 0.0694. The molecule has 1 atom stereocenters. The van der Waals surface area contributed by atoms with Gasteiger partial charge in [-0.25, -0.2) is 4.39 Å². The summed E-state index contributed by atoms with van der Waals surface area (Å²) in [5, 5.41) is 7.43. The Labute approximate surface area is 141 Å². The van der Waals surface area contributed by atoms with Crippen LogP contribution in [-0.4, -0.2) is 14.0 Å². The number of rotatable bonds is 2. The Bertz CT molecular complexity index is 498. The molecule has 0 aliphatic heterocycles. The van der Waals surface area contributed by atoms with E-state index in [1.807, 2.05) is 5.97 Å². The fourth-order valence-corrected chi connectivity index (χ4v) is 1.26. The van der Waals surface area contributed by atoms with Crippen LogP contribution < -0.4 is 35.3 Å². The molecule has 0 fully saturated rings. The van der Waals surface area contributed by atoms with Crippen molar-refractivity contribution in [2.45, 2.75) is 25.1 Å². The molecule has 0 spiro atoms. The van der Waals surface area contributed by atoms with Gasteiger partial charge in [-0.2, -0.15) is 27.9 Å². The summed E-state index contributed by atoms with van der Waals surface area (Å²) >= 11 is 0. The molecule has 10 heteroatoms. The van der Waals surface area contributed by atoms with Crippen LogP contribution in [0.15, 0.2) is 18.2 Å². The second-order valence-corrected chi connectivity index (χ2v) is 3.60. The molecule has 112 valence electrons. The van der Waals surface area contributed by atoms with E-state index < -0.39 is 29.5 Å². The Morgan fingerprint density at radius 2 is 1.67 bits per heavy atom. The molecule has 0 aliphatic carbocycles. The first-order valence-corrected chi connectivity index (χ1v) is 4.79. The minimum atomic E-state index is -5.75. The minimum absolute atomic E-state index is 0. The van der Waals surface area contributed by atoms with Crippen molar-refractivity contribution in [3.05, 3.63) is 35.1 Å². The molecule has 21 heavy (non-hydrogen) atoms. The van der Waals surface area contributed by atoms with Gasteiger partial charge in [0.15, 0.2) is 0 Å². The van der Waals surface area contributed by atoms with Crippen LogP contribution in [-0.2, 0) is 5.92 Å². The van der Waals surface area contributed by atoms with Crippen LogP contribution in [0.25, 0.3) is 0 Å². The molecule has 1 rings (SSSR count). The molecule has 0 aliphatic rings. The van der Waals surface area contributed by atoms with Crippen LogP contribution in [0.1, 0.15) is 24.1 Å². The van der Waals surface area contributed by atoms with Gasteiger partial charge in [-0.05, 0) is 13.0 Å². The zero-order valence-corrected chi connectivity index (χ0v) is 12.6. The van der Waals surface area contributed by atoms with Crippen molar-refractivity contribution in [3.63, 3.8) is 0 Å². The maximum Gasteiger partial charge on any atom is 1.00 e. The summed E-state index contributed by atoms with van der Waals surface area (Å²) in [5.41, 5.74) is 3.75. The summed E-state index contributed by atoms with van der Waals surface area (Å²) in [5.74, 6) is -4.26. The normalized spacial score (nSPS) is 12.4. The van der Waals surface area contributed by atoms with Gasteiger partial charge in [0.1, 0.15) is 5.82 Å². The van der Waals surface area contributed by atoms with Crippen LogP contribution in [0.4, 0.5) is 26.3 Å². The van der Waals surface area contributed by atoms with E-state index in [2.05, 4.69) is 0 Å². The molecule has 0 saturated carbocycles. The zero-order valence-electron chi connectivity index (χ0n) is 10.6. The largest absolute Gasteiger partial charge is 1.00 e. The SMILES string of the molecule is CC(N)c1ccc(C(F)(F)C(F)(F)F)cc1F.[BH3-]C#N.[Na+]. The second-order valence-electron chi connectivity index (χ2n) is 3.60. The topological polar surface area (TPSA) is 49.8 Å². The number of halogens is 6. The summed E-state index contributed by atoms with van der Waals surface area (Å²) in [4.78, 5) is 0. The predicted octanol–water partition coefficient (Wildman–Crippen LogP) is -0.664. The van der Waals surface area contributed by atoms with Crippen LogP contribution in [0, 0.1) is 17.0 Å². The fraction of sp³-hybridized carbons (Fsp3) is 0.364. The molecule has 0 aromatic heterocycles. The quantitative estimate of drug-likeness (QED) is 0.581. The van der Waals surface area contributed by atoms with Crippen molar-refractivity contribution in [2.75, 3.05) is 0 Å². The number of nitrogens with zero attached hydrogens (tertiary/aromatic N) is 1. The molecule has 0 saturated heterocycles. The molecule has 0 bridgehead atoms. The third-order valence-corrected chi connectivity index (χ3v) is 2.21. The van der Waals surface area contributed by atoms with Gasteiger partial charge in [0.25, 0.3) is 0 Å². The van der Waals surface area contributed by atoms with Crippen LogP contribution in [0.3, 0.4) is 0 Å². The third kappa shape index (κ3) is 5.91. The number of nitriles is 1. The number of benzene rings is 1. The molecule has 1 aromatic carbocycles. The van der Waals surface area contributed by atoms with Crippen LogP contribution in [0.2, 0.25) is 0 Å². The molecule has 2 N–H and O–H groups in total. The first-order valence-electron chi connectivity index (χ1n) is 4.79. The molecule has 0 amide bonds. The third-order valence-electron chi connectivity index (χ3n) is 2.21. The second kappa shape index (κ2) is 8.68. The fourth-order valence-electron chi connectivity index (χ4n) is 1.26. The smallest absolute Gasteiger partial charge is 0.324 e. The molecule has 0 radical (unpaired) electrons. The average Bonchev–Trinajstić information content (AvgIpc) is 2.27. The van der Waals surface area contributed by atoms with E-state index in [9.17, 15) is 26.3 Å². The Hall–Kier alpha value is -0.685. The summed E-state index contributed by atoms with van der Waals surface area (Å²) in [6, 6.07) is 0.722. The first-order chi connectivity index (χ1) is 8.98. The van der Waals surface area contributed by atoms with Gasteiger partial charge >= 0.3 is 41.7 Å². The Morgan fingerprint density at radius 3 is 1.95 bits per heavy atom. The number of hydrogen-bond donors (Lipinski definition) is 1. The Kier molecular flexibility index (Phi) is 9.34. The monoisotopic (exact) mass is 320 g/mol. The molecule has 1 unspecified atom stereocenters. The number of hydrogen-bond acceptors (Lipinski definition) is 2. The van der Waals surface area contributed by atoms with Gasteiger partial charge in [0.05, 0.1) is 7.85 Å². The summed E-state index contributed by atoms with van der Waals surface area (Å²) in [6.45, 7) is 1.39. The zero-order chi connectivity index (χ0) is 16.1. The molecule has 1 aromatic rings. The maximum atomic E-state index is 13.2. The van der Waals surface area contributed by atoms with Crippen LogP contribution in [0.5, 0.6) is 0 Å². The van der Waals surface area contributed by atoms with E-state index in [1.54, 1.807) is 0 Å². The van der Waals surface area contributed by atoms with Gasteiger partial charge < -0.3 is 5.73 Å². The number of alkyl halides is 5. The molecular weight excluding hydrogens is 308 g/mol. The van der Waals surface area contributed by atoms with Crippen molar-refractivity contribution in [1.29, 1.82) is 5.26 Å². The van der Waals surface area contributed by atoms with E-state index in [1.165, 1.54) is 6.92 Å². The Morgan fingerprint density at radius 1 is 1.24 bits per heavy atom. The van der Waals surface area contributed by atoms with E-state index in [0.717, 1.165) is 6.07 Å². The average molecular weight is 320 g/mol. The van der Waals surface area contributed by atoms with E-state index in [4.69, 9.17) is 11.0 Å².